The van der Waals surface area contributed by atoms with Crippen molar-refractivity contribution in [3.05, 3.63) is 69.2 Å². The molecule has 0 amide bonds. The van der Waals surface area contributed by atoms with E-state index in [4.69, 9.17) is 0 Å². The summed E-state index contributed by atoms with van der Waals surface area (Å²) in [5.41, 5.74) is -0.0202. The van der Waals surface area contributed by atoms with Crippen molar-refractivity contribution < 1.29 is 17.6 Å². The van der Waals surface area contributed by atoms with Gasteiger partial charge in [0, 0.05) is 15.6 Å². The van der Waals surface area contributed by atoms with Gasteiger partial charge in [-0.2, -0.15) is 0 Å². The zero-order valence-electron chi connectivity index (χ0n) is 10.4. The molecule has 20 heavy (non-hydrogen) atoms. The standard InChI is InChI=1S/C14H10BrF4N/c1-20-14(8-3-2-7(15)6-11(8)17)9-4-5-10(16)13(19)12(9)18/h2-6,14,20H,1H3. The van der Waals surface area contributed by atoms with Gasteiger partial charge >= 0.3 is 0 Å². The van der Waals surface area contributed by atoms with Gasteiger partial charge in [-0.05, 0) is 25.2 Å². The highest BCUT2D eigenvalue weighted by molar-refractivity contribution is 9.10. The predicted molar refractivity (Wildman–Crippen MR) is 71.3 cm³/mol. The van der Waals surface area contributed by atoms with Crippen LogP contribution in [0, 0.1) is 23.3 Å². The maximum absolute atomic E-state index is 13.9. The molecular formula is C14H10BrF4N. The van der Waals surface area contributed by atoms with E-state index in [9.17, 15) is 17.6 Å². The molecular weight excluding hydrogens is 338 g/mol. The van der Waals surface area contributed by atoms with Gasteiger partial charge in [-0.3, -0.25) is 0 Å². The van der Waals surface area contributed by atoms with Crippen molar-refractivity contribution in [1.82, 2.24) is 5.32 Å². The van der Waals surface area contributed by atoms with Crippen molar-refractivity contribution in [3.8, 4) is 0 Å². The lowest BCUT2D eigenvalue weighted by molar-refractivity contribution is 0.433. The first-order valence-corrected chi connectivity index (χ1v) is 6.50. The van der Waals surface area contributed by atoms with E-state index in [2.05, 4.69) is 21.2 Å². The second-order valence-electron chi connectivity index (χ2n) is 4.15. The fourth-order valence-electron chi connectivity index (χ4n) is 1.98. The van der Waals surface area contributed by atoms with E-state index in [-0.39, 0.29) is 11.1 Å². The number of hydrogen-bond acceptors (Lipinski definition) is 1. The molecule has 0 aliphatic rings. The van der Waals surface area contributed by atoms with Crippen LogP contribution in [0.25, 0.3) is 0 Å². The molecule has 0 aliphatic heterocycles. The molecule has 0 aromatic heterocycles. The number of halogens is 5. The topological polar surface area (TPSA) is 12.0 Å². The van der Waals surface area contributed by atoms with E-state index in [0.717, 1.165) is 12.1 Å². The summed E-state index contributed by atoms with van der Waals surface area (Å²) in [7, 11) is 1.48. The molecule has 1 unspecified atom stereocenters. The highest BCUT2D eigenvalue weighted by atomic mass is 79.9. The maximum Gasteiger partial charge on any atom is 0.194 e. The van der Waals surface area contributed by atoms with E-state index >= 15 is 0 Å². The third-order valence-corrected chi connectivity index (χ3v) is 3.43. The first-order valence-electron chi connectivity index (χ1n) is 5.71. The molecule has 0 heterocycles. The Balaban J connectivity index is 2.55. The van der Waals surface area contributed by atoms with Gasteiger partial charge in [0.2, 0.25) is 0 Å². The number of rotatable bonds is 3. The molecule has 1 nitrogen and oxygen atoms in total. The van der Waals surface area contributed by atoms with Crippen LogP contribution < -0.4 is 5.32 Å². The van der Waals surface area contributed by atoms with Crippen LogP contribution >= 0.6 is 15.9 Å². The monoisotopic (exact) mass is 347 g/mol. The highest BCUT2D eigenvalue weighted by Gasteiger charge is 2.23. The summed E-state index contributed by atoms with van der Waals surface area (Å²) in [6.07, 6.45) is 0. The molecule has 1 N–H and O–H groups in total. The lowest BCUT2D eigenvalue weighted by Crippen LogP contribution is -2.21. The van der Waals surface area contributed by atoms with Crippen LogP contribution in [0.4, 0.5) is 17.6 Å². The fraction of sp³-hybridized carbons (Fsp3) is 0.143. The molecule has 2 rings (SSSR count). The second kappa shape index (κ2) is 5.93. The van der Waals surface area contributed by atoms with Crippen molar-refractivity contribution >= 4 is 15.9 Å². The molecule has 0 radical (unpaired) electrons. The molecule has 6 heteroatoms. The quantitative estimate of drug-likeness (QED) is 0.644. The zero-order chi connectivity index (χ0) is 14.9. The molecule has 0 saturated heterocycles. The summed E-state index contributed by atoms with van der Waals surface area (Å²) in [6.45, 7) is 0. The molecule has 1 atom stereocenters. The van der Waals surface area contributed by atoms with Crippen molar-refractivity contribution in [2.45, 2.75) is 6.04 Å². The Hall–Kier alpha value is -1.40. The van der Waals surface area contributed by atoms with Crippen LogP contribution in [-0.2, 0) is 0 Å². The summed E-state index contributed by atoms with van der Waals surface area (Å²) in [6, 6.07) is 5.24. The SMILES string of the molecule is CNC(c1ccc(Br)cc1F)c1ccc(F)c(F)c1F. The number of hydrogen-bond donors (Lipinski definition) is 1. The first kappa shape index (κ1) is 15.0. The molecule has 0 aliphatic carbocycles. The Morgan fingerprint density at radius 1 is 0.900 bits per heavy atom. The minimum atomic E-state index is -1.57. The van der Waals surface area contributed by atoms with Crippen molar-refractivity contribution in [2.75, 3.05) is 7.05 Å². The summed E-state index contributed by atoms with van der Waals surface area (Å²) in [5.74, 6) is -4.76. The third-order valence-electron chi connectivity index (χ3n) is 2.94. The summed E-state index contributed by atoms with van der Waals surface area (Å²) < 4.78 is 54.5. The molecule has 2 aromatic carbocycles. The van der Waals surface area contributed by atoms with Gasteiger partial charge in [0.15, 0.2) is 17.5 Å². The van der Waals surface area contributed by atoms with Gasteiger partial charge in [-0.15, -0.1) is 0 Å². The number of nitrogens with one attached hydrogen (secondary N) is 1. The van der Waals surface area contributed by atoms with E-state index in [1.165, 1.54) is 19.2 Å². The first-order chi connectivity index (χ1) is 9.45. The summed E-state index contributed by atoms with van der Waals surface area (Å²) in [4.78, 5) is 0. The maximum atomic E-state index is 13.9. The smallest absolute Gasteiger partial charge is 0.194 e. The van der Waals surface area contributed by atoms with Crippen LogP contribution in [0.3, 0.4) is 0 Å². The van der Waals surface area contributed by atoms with Gasteiger partial charge in [0.25, 0.3) is 0 Å². The average Bonchev–Trinajstić information content (AvgIpc) is 2.41. The van der Waals surface area contributed by atoms with E-state index in [1.54, 1.807) is 6.07 Å². The largest absolute Gasteiger partial charge is 0.309 e. The van der Waals surface area contributed by atoms with Crippen LogP contribution in [0.2, 0.25) is 0 Å². The Labute approximate surface area is 121 Å². The zero-order valence-corrected chi connectivity index (χ0v) is 11.9. The normalized spacial score (nSPS) is 12.5. The Bertz CT molecular complexity index is 645. The van der Waals surface area contributed by atoms with Crippen LogP contribution in [-0.4, -0.2) is 7.05 Å². The second-order valence-corrected chi connectivity index (χ2v) is 5.07. The number of benzene rings is 2. The van der Waals surface area contributed by atoms with Gasteiger partial charge < -0.3 is 5.32 Å². The van der Waals surface area contributed by atoms with E-state index in [0.29, 0.717) is 4.47 Å². The molecule has 0 fully saturated rings. The Morgan fingerprint density at radius 3 is 2.15 bits per heavy atom. The minimum absolute atomic E-state index is 0.139. The van der Waals surface area contributed by atoms with Crippen LogP contribution in [0.1, 0.15) is 17.2 Å². The third kappa shape index (κ3) is 2.71. The van der Waals surface area contributed by atoms with Gasteiger partial charge in [-0.1, -0.05) is 28.1 Å². The molecule has 106 valence electrons. The lowest BCUT2D eigenvalue weighted by Gasteiger charge is -2.19. The van der Waals surface area contributed by atoms with Crippen molar-refractivity contribution in [2.24, 2.45) is 0 Å². The van der Waals surface area contributed by atoms with E-state index in [1.807, 2.05) is 0 Å². The van der Waals surface area contributed by atoms with Crippen molar-refractivity contribution in [3.63, 3.8) is 0 Å². The predicted octanol–water partition coefficient (Wildman–Crippen LogP) is 4.31. The van der Waals surface area contributed by atoms with Crippen LogP contribution in [0.5, 0.6) is 0 Å². The molecule has 0 bridgehead atoms. The highest BCUT2D eigenvalue weighted by Crippen LogP contribution is 2.29. The summed E-state index contributed by atoms with van der Waals surface area (Å²) >= 11 is 3.12. The van der Waals surface area contributed by atoms with Crippen LogP contribution in [0.15, 0.2) is 34.8 Å². The Kier molecular flexibility index (Phi) is 4.45. The molecule has 0 saturated carbocycles. The van der Waals surface area contributed by atoms with E-state index < -0.39 is 29.3 Å². The minimum Gasteiger partial charge on any atom is -0.309 e. The van der Waals surface area contributed by atoms with Crippen molar-refractivity contribution in [1.29, 1.82) is 0 Å². The fourth-order valence-corrected chi connectivity index (χ4v) is 2.31. The van der Waals surface area contributed by atoms with Gasteiger partial charge in [0.1, 0.15) is 5.82 Å². The summed E-state index contributed by atoms with van der Waals surface area (Å²) in [5, 5.41) is 2.70. The Morgan fingerprint density at radius 2 is 1.55 bits per heavy atom. The molecule has 0 spiro atoms. The average molecular weight is 348 g/mol. The van der Waals surface area contributed by atoms with Gasteiger partial charge in [0.05, 0.1) is 6.04 Å². The lowest BCUT2D eigenvalue weighted by atomic mass is 9.97. The molecule has 2 aromatic rings. The van der Waals surface area contributed by atoms with Gasteiger partial charge in [-0.25, -0.2) is 17.6 Å².